The minimum Gasteiger partial charge on any atom is -0.372 e. The number of fused-ring (bicyclic) bond motifs is 1. The van der Waals surface area contributed by atoms with E-state index in [0.29, 0.717) is 19.6 Å². The van der Waals surface area contributed by atoms with Crippen molar-refractivity contribution in [3.05, 3.63) is 34.9 Å². The Labute approximate surface area is 129 Å². The number of nitrogens with zero attached hydrogens (tertiary/aromatic N) is 1. The molecule has 0 radical (unpaired) electrons. The third-order valence-corrected chi connectivity index (χ3v) is 5.28. The molecule has 5 nitrogen and oxygen atoms in total. The van der Waals surface area contributed by atoms with Gasteiger partial charge in [0.1, 0.15) is 0 Å². The highest BCUT2D eigenvalue weighted by Gasteiger charge is 2.41. The predicted octanol–water partition coefficient (Wildman–Crippen LogP) is 1.46. The number of nitrogens with one attached hydrogen (secondary N) is 1. The molecule has 0 bridgehead atoms. The molecule has 0 aromatic heterocycles. The Morgan fingerprint density at radius 3 is 2.68 bits per heavy atom. The minimum absolute atomic E-state index is 0.0830. The Morgan fingerprint density at radius 2 is 1.95 bits per heavy atom. The van der Waals surface area contributed by atoms with Gasteiger partial charge in [-0.3, -0.25) is 9.59 Å². The summed E-state index contributed by atoms with van der Waals surface area (Å²) in [6, 6.07) is 5.87. The van der Waals surface area contributed by atoms with Crippen LogP contribution in [-0.4, -0.2) is 36.3 Å². The molecular weight excluding hydrogens is 280 g/mol. The summed E-state index contributed by atoms with van der Waals surface area (Å²) in [5.41, 5.74) is 3.15. The van der Waals surface area contributed by atoms with Gasteiger partial charge in [-0.15, -0.1) is 0 Å². The molecule has 0 saturated carbocycles. The topological polar surface area (TPSA) is 58.6 Å². The maximum Gasteiger partial charge on any atom is 0.253 e. The molecule has 1 aromatic rings. The van der Waals surface area contributed by atoms with Crippen molar-refractivity contribution in [2.75, 3.05) is 19.6 Å². The van der Waals surface area contributed by atoms with E-state index in [4.69, 9.17) is 4.74 Å². The Morgan fingerprint density at radius 1 is 1.18 bits per heavy atom. The van der Waals surface area contributed by atoms with Crippen molar-refractivity contribution in [3.8, 4) is 0 Å². The zero-order valence-corrected chi connectivity index (χ0v) is 12.6. The van der Waals surface area contributed by atoms with Crippen LogP contribution in [0, 0.1) is 5.41 Å². The number of piperidine rings is 1. The fourth-order valence-electron chi connectivity index (χ4n) is 3.78. The van der Waals surface area contributed by atoms with Gasteiger partial charge in [-0.1, -0.05) is 6.07 Å². The third kappa shape index (κ3) is 2.29. The number of amides is 2. The number of likely N-dealkylation sites (tertiary alicyclic amines) is 1. The van der Waals surface area contributed by atoms with Gasteiger partial charge >= 0.3 is 0 Å². The monoisotopic (exact) mass is 300 g/mol. The van der Waals surface area contributed by atoms with Gasteiger partial charge < -0.3 is 15.0 Å². The number of benzene rings is 1. The molecule has 2 amide bonds. The quantitative estimate of drug-likeness (QED) is 0.854. The van der Waals surface area contributed by atoms with Gasteiger partial charge in [0.15, 0.2) is 0 Å². The number of hydrogen-bond acceptors (Lipinski definition) is 3. The van der Waals surface area contributed by atoms with E-state index in [2.05, 4.69) is 5.32 Å². The lowest BCUT2D eigenvalue weighted by molar-refractivity contribution is -0.119. The number of carbonyl (C=O) groups excluding carboxylic acids is 2. The van der Waals surface area contributed by atoms with Gasteiger partial charge in [0.2, 0.25) is 5.91 Å². The van der Waals surface area contributed by atoms with Crippen molar-refractivity contribution in [1.29, 1.82) is 0 Å². The summed E-state index contributed by atoms with van der Waals surface area (Å²) >= 11 is 0. The highest BCUT2D eigenvalue weighted by atomic mass is 16.5. The van der Waals surface area contributed by atoms with E-state index in [1.807, 2.05) is 23.1 Å². The second-order valence-corrected chi connectivity index (χ2v) is 6.72. The summed E-state index contributed by atoms with van der Waals surface area (Å²) in [6.07, 6.45) is 2.43. The molecule has 0 unspecified atom stereocenters. The van der Waals surface area contributed by atoms with Crippen LogP contribution in [0.3, 0.4) is 0 Å². The van der Waals surface area contributed by atoms with E-state index in [0.717, 1.165) is 43.6 Å². The Hall–Kier alpha value is -1.88. The molecule has 22 heavy (non-hydrogen) atoms. The normalized spacial score (nSPS) is 22.7. The maximum absolute atomic E-state index is 12.7. The molecule has 3 aliphatic heterocycles. The maximum atomic E-state index is 12.7. The molecule has 2 saturated heterocycles. The third-order valence-electron chi connectivity index (χ3n) is 5.28. The van der Waals surface area contributed by atoms with E-state index in [-0.39, 0.29) is 17.2 Å². The molecule has 0 aliphatic carbocycles. The van der Waals surface area contributed by atoms with Crippen molar-refractivity contribution in [3.63, 3.8) is 0 Å². The van der Waals surface area contributed by atoms with Crippen LogP contribution in [-0.2, 0) is 22.7 Å². The summed E-state index contributed by atoms with van der Waals surface area (Å²) in [5, 5.41) is 2.93. The summed E-state index contributed by atoms with van der Waals surface area (Å²) in [7, 11) is 0. The summed E-state index contributed by atoms with van der Waals surface area (Å²) in [4.78, 5) is 26.1. The minimum atomic E-state index is 0.0830. The average Bonchev–Trinajstić information content (AvgIpc) is 3.14. The van der Waals surface area contributed by atoms with Crippen molar-refractivity contribution in [1.82, 2.24) is 10.2 Å². The highest BCUT2D eigenvalue weighted by molar-refractivity contribution is 5.94. The number of carbonyl (C=O) groups is 2. The van der Waals surface area contributed by atoms with Crippen molar-refractivity contribution < 1.29 is 14.3 Å². The van der Waals surface area contributed by atoms with Gasteiger partial charge in [0, 0.05) is 31.6 Å². The Bertz CT molecular complexity index is 633. The van der Waals surface area contributed by atoms with E-state index in [9.17, 15) is 9.59 Å². The summed E-state index contributed by atoms with van der Waals surface area (Å²) < 4.78 is 5.40. The largest absolute Gasteiger partial charge is 0.372 e. The van der Waals surface area contributed by atoms with E-state index >= 15 is 0 Å². The first-order chi connectivity index (χ1) is 10.7. The standard InChI is InChI=1S/C17H20N2O3/c20-15-8-17(11-18-15)3-5-19(6-4-17)16(21)12-1-2-13-9-22-10-14(13)7-12/h1-2,7H,3-6,8-11H2,(H,18,20). The van der Waals surface area contributed by atoms with Crippen LogP contribution in [0.4, 0.5) is 0 Å². The molecule has 1 aromatic carbocycles. The predicted molar refractivity (Wildman–Crippen MR) is 80.1 cm³/mol. The molecular formula is C17H20N2O3. The zero-order valence-electron chi connectivity index (χ0n) is 12.6. The van der Waals surface area contributed by atoms with Crippen LogP contribution in [0.5, 0.6) is 0 Å². The van der Waals surface area contributed by atoms with Crippen molar-refractivity contribution in [2.24, 2.45) is 5.41 Å². The molecule has 4 rings (SSSR count). The lowest BCUT2D eigenvalue weighted by atomic mass is 9.77. The molecule has 0 atom stereocenters. The molecule has 1 spiro atoms. The van der Waals surface area contributed by atoms with Crippen LogP contribution >= 0.6 is 0 Å². The second kappa shape index (κ2) is 5.09. The summed E-state index contributed by atoms with van der Waals surface area (Å²) in [6.45, 7) is 3.50. The fourth-order valence-corrected chi connectivity index (χ4v) is 3.78. The van der Waals surface area contributed by atoms with Crippen LogP contribution in [0.15, 0.2) is 18.2 Å². The number of ether oxygens (including phenoxy) is 1. The van der Waals surface area contributed by atoms with Gasteiger partial charge in [-0.2, -0.15) is 0 Å². The number of rotatable bonds is 1. The van der Waals surface area contributed by atoms with Gasteiger partial charge in [-0.25, -0.2) is 0 Å². The summed E-state index contributed by atoms with van der Waals surface area (Å²) in [5.74, 6) is 0.250. The van der Waals surface area contributed by atoms with Gasteiger partial charge in [0.25, 0.3) is 5.91 Å². The molecule has 2 fully saturated rings. The molecule has 1 N–H and O–H groups in total. The second-order valence-electron chi connectivity index (χ2n) is 6.72. The molecule has 5 heteroatoms. The van der Waals surface area contributed by atoms with Gasteiger partial charge in [-0.05, 0) is 41.5 Å². The Kier molecular flexibility index (Phi) is 3.18. The molecule has 116 valence electrons. The highest BCUT2D eigenvalue weighted by Crippen LogP contribution is 2.37. The van der Waals surface area contributed by atoms with Crippen LogP contribution < -0.4 is 5.32 Å². The van der Waals surface area contributed by atoms with Gasteiger partial charge in [0.05, 0.1) is 13.2 Å². The van der Waals surface area contributed by atoms with Crippen LogP contribution in [0.2, 0.25) is 0 Å². The smallest absolute Gasteiger partial charge is 0.253 e. The molecule has 3 heterocycles. The first-order valence-electron chi connectivity index (χ1n) is 7.91. The van der Waals surface area contributed by atoms with E-state index in [1.165, 1.54) is 5.56 Å². The van der Waals surface area contributed by atoms with Crippen LogP contribution in [0.25, 0.3) is 0 Å². The van der Waals surface area contributed by atoms with E-state index in [1.54, 1.807) is 0 Å². The Balaban J connectivity index is 1.45. The first kappa shape index (κ1) is 13.8. The SMILES string of the molecule is O=C1CC2(CCN(C(=O)c3ccc4c(c3)COC4)CC2)CN1. The van der Waals surface area contributed by atoms with Crippen molar-refractivity contribution >= 4 is 11.8 Å². The van der Waals surface area contributed by atoms with E-state index < -0.39 is 0 Å². The zero-order chi connectivity index (χ0) is 15.2. The fraction of sp³-hybridized carbons (Fsp3) is 0.529. The molecule has 3 aliphatic rings. The lowest BCUT2D eigenvalue weighted by Crippen LogP contribution is -2.44. The first-order valence-corrected chi connectivity index (χ1v) is 7.91. The average molecular weight is 300 g/mol. The van der Waals surface area contributed by atoms with Crippen LogP contribution in [0.1, 0.15) is 40.7 Å². The van der Waals surface area contributed by atoms with Crippen molar-refractivity contribution in [2.45, 2.75) is 32.5 Å². The number of hydrogen-bond donors (Lipinski definition) is 1. The lowest BCUT2D eigenvalue weighted by Gasteiger charge is -2.38.